The van der Waals surface area contributed by atoms with Crippen LogP contribution in [0.4, 0.5) is 5.69 Å². The van der Waals surface area contributed by atoms with E-state index in [1.165, 1.54) is 6.07 Å². The molecular formula is C15H15NO3. The number of para-hydroxylation sites is 1. The predicted octanol–water partition coefficient (Wildman–Crippen LogP) is 2.59. The fraction of sp³-hybridized carbons (Fsp3) is 0.133. The summed E-state index contributed by atoms with van der Waals surface area (Å²) in [5, 5.41) is 8.96. The zero-order chi connectivity index (χ0) is 13.7. The Bertz CT molecular complexity index is 567. The van der Waals surface area contributed by atoms with Crippen LogP contribution in [0.2, 0.25) is 0 Å². The number of carboxylic acids is 1. The molecule has 0 aliphatic rings. The van der Waals surface area contributed by atoms with E-state index in [1.807, 2.05) is 30.3 Å². The van der Waals surface area contributed by atoms with Crippen LogP contribution in [0.1, 0.15) is 15.9 Å². The fourth-order valence-electron chi connectivity index (χ4n) is 1.78. The molecule has 0 spiro atoms. The Balaban J connectivity index is 2.00. The summed E-state index contributed by atoms with van der Waals surface area (Å²) in [6.07, 6.45) is 0.748. The first-order valence-electron chi connectivity index (χ1n) is 5.97. The van der Waals surface area contributed by atoms with Gasteiger partial charge in [0.1, 0.15) is 5.75 Å². The van der Waals surface area contributed by atoms with Gasteiger partial charge >= 0.3 is 5.97 Å². The molecule has 0 aliphatic carbocycles. The molecule has 0 saturated carbocycles. The molecule has 19 heavy (non-hydrogen) atoms. The lowest BCUT2D eigenvalue weighted by Crippen LogP contribution is -2.07. The molecule has 0 unspecified atom stereocenters. The number of ether oxygens (including phenoxy) is 1. The van der Waals surface area contributed by atoms with E-state index in [9.17, 15) is 4.79 Å². The van der Waals surface area contributed by atoms with E-state index >= 15 is 0 Å². The zero-order valence-corrected chi connectivity index (χ0v) is 10.4. The van der Waals surface area contributed by atoms with Crippen LogP contribution in [0.3, 0.4) is 0 Å². The van der Waals surface area contributed by atoms with Crippen LogP contribution in [0, 0.1) is 0 Å². The van der Waals surface area contributed by atoms with E-state index in [0.717, 1.165) is 12.0 Å². The highest BCUT2D eigenvalue weighted by Crippen LogP contribution is 2.25. The lowest BCUT2D eigenvalue weighted by Gasteiger charge is -2.10. The Labute approximate surface area is 111 Å². The standard InChI is InChI=1S/C15H15NO3/c16-14-12(15(17)18)7-4-8-13(14)19-10-9-11-5-2-1-3-6-11/h1-8H,9-10,16H2,(H,17,18). The average Bonchev–Trinajstić information content (AvgIpc) is 2.41. The van der Waals surface area contributed by atoms with Crippen molar-refractivity contribution in [2.75, 3.05) is 12.3 Å². The van der Waals surface area contributed by atoms with Crippen molar-refractivity contribution >= 4 is 11.7 Å². The summed E-state index contributed by atoms with van der Waals surface area (Å²) in [6.45, 7) is 0.456. The van der Waals surface area contributed by atoms with Crippen molar-refractivity contribution in [2.45, 2.75) is 6.42 Å². The second-order valence-electron chi connectivity index (χ2n) is 4.11. The van der Waals surface area contributed by atoms with Crippen LogP contribution in [-0.2, 0) is 6.42 Å². The van der Waals surface area contributed by atoms with E-state index in [2.05, 4.69) is 0 Å². The normalized spacial score (nSPS) is 10.1. The monoisotopic (exact) mass is 257 g/mol. The molecule has 98 valence electrons. The van der Waals surface area contributed by atoms with Gasteiger partial charge in [-0.3, -0.25) is 0 Å². The van der Waals surface area contributed by atoms with E-state index in [4.69, 9.17) is 15.6 Å². The van der Waals surface area contributed by atoms with Crippen molar-refractivity contribution in [1.82, 2.24) is 0 Å². The van der Waals surface area contributed by atoms with Gasteiger partial charge in [0.15, 0.2) is 0 Å². The van der Waals surface area contributed by atoms with Crippen LogP contribution in [-0.4, -0.2) is 17.7 Å². The van der Waals surface area contributed by atoms with Crippen LogP contribution in [0.15, 0.2) is 48.5 Å². The molecule has 0 amide bonds. The number of benzene rings is 2. The number of nitrogen functional groups attached to an aromatic ring is 1. The number of anilines is 1. The summed E-state index contributed by atoms with van der Waals surface area (Å²) in [5.41, 5.74) is 7.16. The number of hydrogen-bond donors (Lipinski definition) is 2. The number of rotatable bonds is 5. The van der Waals surface area contributed by atoms with Crippen molar-refractivity contribution < 1.29 is 14.6 Å². The summed E-state index contributed by atoms with van der Waals surface area (Å²) in [4.78, 5) is 10.9. The predicted molar refractivity (Wildman–Crippen MR) is 73.5 cm³/mol. The molecule has 4 heteroatoms. The largest absolute Gasteiger partial charge is 0.491 e. The molecule has 3 N–H and O–H groups in total. The van der Waals surface area contributed by atoms with E-state index in [-0.39, 0.29) is 11.3 Å². The maximum atomic E-state index is 10.9. The van der Waals surface area contributed by atoms with Crippen molar-refractivity contribution in [3.05, 3.63) is 59.7 Å². The first kappa shape index (κ1) is 13.0. The number of carboxylic acid groups (broad SMARTS) is 1. The van der Waals surface area contributed by atoms with Crippen LogP contribution < -0.4 is 10.5 Å². The lowest BCUT2D eigenvalue weighted by atomic mass is 10.1. The molecule has 2 aromatic carbocycles. The second-order valence-corrected chi connectivity index (χ2v) is 4.11. The second kappa shape index (κ2) is 5.91. The Morgan fingerprint density at radius 1 is 1.11 bits per heavy atom. The first-order valence-corrected chi connectivity index (χ1v) is 5.97. The third-order valence-electron chi connectivity index (χ3n) is 2.79. The van der Waals surface area contributed by atoms with Crippen LogP contribution in [0.25, 0.3) is 0 Å². The third-order valence-corrected chi connectivity index (χ3v) is 2.79. The summed E-state index contributed by atoms with van der Waals surface area (Å²) in [6, 6.07) is 14.7. The molecule has 0 saturated heterocycles. The number of aromatic carboxylic acids is 1. The first-order chi connectivity index (χ1) is 9.18. The van der Waals surface area contributed by atoms with Crippen molar-refractivity contribution in [2.24, 2.45) is 0 Å². The Hall–Kier alpha value is -2.49. The van der Waals surface area contributed by atoms with E-state index < -0.39 is 5.97 Å². The minimum absolute atomic E-state index is 0.0669. The number of nitrogens with two attached hydrogens (primary N) is 1. The Morgan fingerprint density at radius 3 is 2.53 bits per heavy atom. The van der Waals surface area contributed by atoms with E-state index in [1.54, 1.807) is 12.1 Å². The molecule has 0 fully saturated rings. The average molecular weight is 257 g/mol. The molecule has 2 aromatic rings. The molecule has 0 aliphatic heterocycles. The molecule has 0 heterocycles. The molecule has 0 atom stereocenters. The minimum atomic E-state index is -1.05. The maximum Gasteiger partial charge on any atom is 0.337 e. The van der Waals surface area contributed by atoms with Gasteiger partial charge in [-0.2, -0.15) is 0 Å². The summed E-state index contributed by atoms with van der Waals surface area (Å²) >= 11 is 0. The van der Waals surface area contributed by atoms with Crippen LogP contribution in [0.5, 0.6) is 5.75 Å². The summed E-state index contributed by atoms with van der Waals surface area (Å²) < 4.78 is 5.54. The molecule has 4 nitrogen and oxygen atoms in total. The van der Waals surface area contributed by atoms with Gasteiger partial charge in [0.2, 0.25) is 0 Å². The Kier molecular flexibility index (Phi) is 4.03. The number of carbonyl (C=O) groups is 1. The van der Waals surface area contributed by atoms with Gasteiger partial charge in [-0.15, -0.1) is 0 Å². The van der Waals surface area contributed by atoms with Crippen molar-refractivity contribution in [1.29, 1.82) is 0 Å². The SMILES string of the molecule is Nc1c(OCCc2ccccc2)cccc1C(=O)O. The van der Waals surface area contributed by atoms with Gasteiger partial charge in [-0.25, -0.2) is 4.79 Å². The maximum absolute atomic E-state index is 10.9. The smallest absolute Gasteiger partial charge is 0.337 e. The molecule has 0 bridgehead atoms. The summed E-state index contributed by atoms with van der Waals surface area (Å²) in [5.74, 6) is -0.637. The van der Waals surface area contributed by atoms with Gasteiger partial charge in [0.25, 0.3) is 0 Å². The van der Waals surface area contributed by atoms with Crippen molar-refractivity contribution in [3.63, 3.8) is 0 Å². The van der Waals surface area contributed by atoms with Gasteiger partial charge < -0.3 is 15.6 Å². The quantitative estimate of drug-likeness (QED) is 0.807. The Morgan fingerprint density at radius 2 is 1.84 bits per heavy atom. The highest BCUT2D eigenvalue weighted by molar-refractivity contribution is 5.95. The molecule has 0 aromatic heterocycles. The van der Waals surface area contributed by atoms with Gasteiger partial charge in [0, 0.05) is 6.42 Å². The summed E-state index contributed by atoms with van der Waals surface area (Å²) in [7, 11) is 0. The highest BCUT2D eigenvalue weighted by atomic mass is 16.5. The highest BCUT2D eigenvalue weighted by Gasteiger charge is 2.11. The van der Waals surface area contributed by atoms with Crippen molar-refractivity contribution in [3.8, 4) is 5.75 Å². The molecule has 0 radical (unpaired) electrons. The lowest BCUT2D eigenvalue weighted by molar-refractivity contribution is 0.0697. The van der Waals surface area contributed by atoms with Crippen LogP contribution >= 0.6 is 0 Å². The molecule has 2 rings (SSSR count). The molecular weight excluding hydrogens is 242 g/mol. The van der Waals surface area contributed by atoms with Gasteiger partial charge in [-0.1, -0.05) is 36.4 Å². The number of hydrogen-bond acceptors (Lipinski definition) is 3. The fourth-order valence-corrected chi connectivity index (χ4v) is 1.78. The minimum Gasteiger partial charge on any atom is -0.491 e. The third kappa shape index (κ3) is 3.25. The van der Waals surface area contributed by atoms with Gasteiger partial charge in [-0.05, 0) is 17.7 Å². The zero-order valence-electron chi connectivity index (χ0n) is 10.4. The van der Waals surface area contributed by atoms with Gasteiger partial charge in [0.05, 0.1) is 17.9 Å². The topological polar surface area (TPSA) is 72.5 Å². The van der Waals surface area contributed by atoms with E-state index in [0.29, 0.717) is 12.4 Å².